The van der Waals surface area contributed by atoms with Crippen LogP contribution in [0.1, 0.15) is 60.4 Å². The van der Waals surface area contributed by atoms with E-state index in [1.807, 2.05) is 74.2 Å². The van der Waals surface area contributed by atoms with Gasteiger partial charge in [0, 0.05) is 17.7 Å². The molecule has 3 aromatic rings. The second-order valence-corrected chi connectivity index (χ2v) is 11.9. The van der Waals surface area contributed by atoms with E-state index in [1.54, 1.807) is 7.11 Å². The van der Waals surface area contributed by atoms with Crippen molar-refractivity contribution in [2.45, 2.75) is 60.0 Å². The molecule has 0 saturated heterocycles. The Bertz CT molecular complexity index is 1620. The number of ketones is 1. The molecule has 0 bridgehead atoms. The number of hydrogen-bond donors (Lipinski definition) is 1. The molecule has 3 aromatic carbocycles. The van der Waals surface area contributed by atoms with Crippen molar-refractivity contribution in [3.63, 3.8) is 0 Å². The predicted molar refractivity (Wildman–Crippen MR) is 162 cm³/mol. The van der Waals surface area contributed by atoms with Crippen molar-refractivity contribution < 1.29 is 14.3 Å². The SMILES string of the molecule is COc1ccc(OCc2cc(C)cc(C3C(C#N)=C(N)N(c4ccccc4C)C4=C3C(=O)CC(C)(C)C4)c2C)cc1. The molecule has 0 spiro atoms. The second-order valence-electron chi connectivity index (χ2n) is 11.9. The maximum absolute atomic E-state index is 14.0. The molecule has 2 aliphatic rings. The second kappa shape index (κ2) is 10.8. The van der Waals surface area contributed by atoms with Gasteiger partial charge >= 0.3 is 0 Å². The largest absolute Gasteiger partial charge is 0.497 e. The summed E-state index contributed by atoms with van der Waals surface area (Å²) in [6.07, 6.45) is 1.09. The monoisotopic (exact) mass is 547 g/mol. The molecule has 0 fully saturated rings. The number of carbonyl (C=O) groups is 1. The number of nitrogens with two attached hydrogens (primary N) is 1. The number of ether oxygens (including phenoxy) is 2. The van der Waals surface area contributed by atoms with Crippen molar-refractivity contribution in [1.29, 1.82) is 5.26 Å². The third kappa shape index (κ3) is 5.20. The minimum atomic E-state index is -0.543. The van der Waals surface area contributed by atoms with Crippen LogP contribution in [-0.2, 0) is 11.4 Å². The number of hydrogen-bond acceptors (Lipinski definition) is 6. The van der Waals surface area contributed by atoms with Gasteiger partial charge in [0.05, 0.1) is 30.4 Å². The van der Waals surface area contributed by atoms with Crippen molar-refractivity contribution in [2.75, 3.05) is 12.0 Å². The molecule has 6 nitrogen and oxygen atoms in total. The van der Waals surface area contributed by atoms with Crippen LogP contribution in [0.2, 0.25) is 0 Å². The molecule has 1 aliphatic heterocycles. The van der Waals surface area contributed by atoms with E-state index in [0.29, 0.717) is 36.4 Å². The number of methoxy groups -OCH3 is 1. The number of Topliss-reactive ketones (excluding diaryl/α,β-unsaturated/α-hetero) is 1. The zero-order chi connectivity index (χ0) is 29.5. The van der Waals surface area contributed by atoms with E-state index in [-0.39, 0.29) is 11.2 Å². The maximum Gasteiger partial charge on any atom is 0.162 e. The van der Waals surface area contributed by atoms with Crippen LogP contribution < -0.4 is 20.1 Å². The lowest BCUT2D eigenvalue weighted by atomic mass is 9.67. The number of para-hydroxylation sites is 1. The fourth-order valence-electron chi connectivity index (χ4n) is 6.16. The Hall–Kier alpha value is -4.50. The average molecular weight is 548 g/mol. The molecule has 1 unspecified atom stereocenters. The lowest BCUT2D eigenvalue weighted by Gasteiger charge is -2.44. The summed E-state index contributed by atoms with van der Waals surface area (Å²) >= 11 is 0. The lowest BCUT2D eigenvalue weighted by Crippen LogP contribution is -2.42. The van der Waals surface area contributed by atoms with Crippen molar-refractivity contribution in [3.05, 3.63) is 111 Å². The van der Waals surface area contributed by atoms with Gasteiger partial charge in [0.2, 0.25) is 0 Å². The van der Waals surface area contributed by atoms with Crippen LogP contribution in [0.15, 0.2) is 83.3 Å². The van der Waals surface area contributed by atoms with Gasteiger partial charge in [0.15, 0.2) is 5.78 Å². The molecule has 1 heterocycles. The van der Waals surface area contributed by atoms with Crippen LogP contribution >= 0.6 is 0 Å². The molecule has 5 rings (SSSR count). The predicted octanol–water partition coefficient (Wildman–Crippen LogP) is 7.14. The van der Waals surface area contributed by atoms with E-state index in [1.165, 1.54) is 0 Å². The van der Waals surface area contributed by atoms with E-state index >= 15 is 0 Å². The Balaban J connectivity index is 1.65. The van der Waals surface area contributed by atoms with Crippen LogP contribution in [0, 0.1) is 37.5 Å². The third-order valence-corrected chi connectivity index (χ3v) is 8.20. The Morgan fingerprint density at radius 1 is 1.02 bits per heavy atom. The summed E-state index contributed by atoms with van der Waals surface area (Å²) < 4.78 is 11.4. The van der Waals surface area contributed by atoms with E-state index in [2.05, 4.69) is 32.0 Å². The molecule has 210 valence electrons. The van der Waals surface area contributed by atoms with Crippen molar-refractivity contribution in [1.82, 2.24) is 0 Å². The molecule has 0 saturated carbocycles. The summed E-state index contributed by atoms with van der Waals surface area (Å²) in [5.74, 6) is 1.40. The van der Waals surface area contributed by atoms with E-state index in [0.717, 1.165) is 50.7 Å². The van der Waals surface area contributed by atoms with Gasteiger partial charge in [-0.15, -0.1) is 0 Å². The average Bonchev–Trinajstić information content (AvgIpc) is 2.93. The fourth-order valence-corrected chi connectivity index (χ4v) is 6.16. The molecular formula is C35H37N3O3. The first-order valence-electron chi connectivity index (χ1n) is 13.9. The molecular weight excluding hydrogens is 510 g/mol. The maximum atomic E-state index is 14.0. The van der Waals surface area contributed by atoms with Gasteiger partial charge in [-0.25, -0.2) is 0 Å². The van der Waals surface area contributed by atoms with Gasteiger partial charge in [-0.2, -0.15) is 5.26 Å². The number of benzene rings is 3. The van der Waals surface area contributed by atoms with Crippen LogP contribution in [0.3, 0.4) is 0 Å². The highest BCUT2D eigenvalue weighted by molar-refractivity contribution is 6.02. The summed E-state index contributed by atoms with van der Waals surface area (Å²) in [6, 6.07) is 22.1. The molecule has 0 aromatic heterocycles. The standard InChI is InChI=1S/C35H37N3O3/c1-21-15-24(20-41-26-13-11-25(40-6)12-14-26)23(3)27(16-21)32-28(19-36)34(37)38(29-10-8-7-9-22(29)2)30-17-35(4,5)18-31(39)33(30)32/h7-16,32H,17-18,20,37H2,1-6H3. The zero-order valence-electron chi connectivity index (χ0n) is 24.7. The van der Waals surface area contributed by atoms with Gasteiger partial charge < -0.3 is 15.2 Å². The van der Waals surface area contributed by atoms with Crippen molar-refractivity contribution in [2.24, 2.45) is 11.1 Å². The van der Waals surface area contributed by atoms with E-state index in [4.69, 9.17) is 15.2 Å². The summed E-state index contributed by atoms with van der Waals surface area (Å²) in [5.41, 5.74) is 14.5. The normalized spacial score (nSPS) is 18.2. The molecule has 0 amide bonds. The first-order chi connectivity index (χ1) is 19.5. The van der Waals surface area contributed by atoms with Gasteiger partial charge in [-0.1, -0.05) is 49.7 Å². The highest BCUT2D eigenvalue weighted by atomic mass is 16.5. The minimum Gasteiger partial charge on any atom is -0.497 e. The molecule has 6 heteroatoms. The van der Waals surface area contributed by atoms with Gasteiger partial charge in [0.25, 0.3) is 0 Å². The zero-order valence-corrected chi connectivity index (χ0v) is 24.7. The topological polar surface area (TPSA) is 88.6 Å². The number of carbonyl (C=O) groups excluding carboxylic acids is 1. The highest BCUT2D eigenvalue weighted by Gasteiger charge is 2.45. The quantitative estimate of drug-likeness (QED) is 0.353. The summed E-state index contributed by atoms with van der Waals surface area (Å²) in [5, 5.41) is 10.5. The van der Waals surface area contributed by atoms with Crippen LogP contribution in [0.25, 0.3) is 0 Å². The molecule has 1 aliphatic carbocycles. The molecule has 2 N–H and O–H groups in total. The van der Waals surface area contributed by atoms with E-state index < -0.39 is 5.92 Å². The summed E-state index contributed by atoms with van der Waals surface area (Å²) in [7, 11) is 1.63. The smallest absolute Gasteiger partial charge is 0.162 e. The van der Waals surface area contributed by atoms with Crippen LogP contribution in [0.4, 0.5) is 5.69 Å². The van der Waals surface area contributed by atoms with Crippen molar-refractivity contribution >= 4 is 11.5 Å². The van der Waals surface area contributed by atoms with Crippen LogP contribution in [-0.4, -0.2) is 12.9 Å². The fraction of sp³-hybridized carbons (Fsp3) is 0.314. The Morgan fingerprint density at radius 2 is 1.71 bits per heavy atom. The number of rotatable bonds is 6. The first kappa shape index (κ1) is 28.0. The van der Waals surface area contributed by atoms with Gasteiger partial charge in [-0.05, 0) is 85.2 Å². The molecule has 41 heavy (non-hydrogen) atoms. The number of nitrogens with zero attached hydrogens (tertiary/aromatic N) is 2. The highest BCUT2D eigenvalue weighted by Crippen LogP contribution is 2.51. The van der Waals surface area contributed by atoms with Crippen molar-refractivity contribution in [3.8, 4) is 17.6 Å². The third-order valence-electron chi connectivity index (χ3n) is 8.20. The van der Waals surface area contributed by atoms with E-state index in [9.17, 15) is 10.1 Å². The lowest BCUT2D eigenvalue weighted by molar-refractivity contribution is -0.118. The molecule has 0 radical (unpaired) electrons. The summed E-state index contributed by atoms with van der Waals surface area (Å²) in [4.78, 5) is 16.0. The van der Waals surface area contributed by atoms with Gasteiger partial charge in [0.1, 0.15) is 23.9 Å². The Kier molecular flexibility index (Phi) is 7.40. The minimum absolute atomic E-state index is 0.0667. The van der Waals surface area contributed by atoms with Gasteiger partial charge in [-0.3, -0.25) is 9.69 Å². The Morgan fingerprint density at radius 3 is 2.37 bits per heavy atom. The number of aryl methyl sites for hydroxylation is 2. The first-order valence-corrected chi connectivity index (χ1v) is 13.9. The molecule has 1 atom stereocenters. The number of nitriles is 1. The Labute approximate surface area is 242 Å². The number of allylic oxidation sites excluding steroid dienone is 3. The van der Waals surface area contributed by atoms with Crippen LogP contribution in [0.5, 0.6) is 11.5 Å². The number of anilines is 1. The summed E-state index contributed by atoms with van der Waals surface area (Å²) in [6.45, 7) is 10.7.